The van der Waals surface area contributed by atoms with Crippen molar-refractivity contribution in [1.29, 1.82) is 0 Å². The summed E-state index contributed by atoms with van der Waals surface area (Å²) in [7, 11) is 0. The van der Waals surface area contributed by atoms with Crippen molar-refractivity contribution >= 4 is 11.3 Å². The molecular formula is C16H25NOS. The van der Waals surface area contributed by atoms with Gasteiger partial charge in [-0.2, -0.15) is 0 Å². The van der Waals surface area contributed by atoms with Gasteiger partial charge in [0.05, 0.1) is 0 Å². The molecule has 3 rings (SSSR count). The third-order valence-electron chi connectivity index (χ3n) is 4.59. The number of thiophene rings is 1. The fourth-order valence-corrected chi connectivity index (χ4v) is 4.41. The van der Waals surface area contributed by atoms with Crippen molar-refractivity contribution in [3.8, 4) is 0 Å². The minimum Gasteiger partial charge on any atom is -0.381 e. The highest BCUT2D eigenvalue weighted by molar-refractivity contribution is 7.10. The van der Waals surface area contributed by atoms with Gasteiger partial charge < -0.3 is 10.1 Å². The van der Waals surface area contributed by atoms with E-state index in [-0.39, 0.29) is 0 Å². The van der Waals surface area contributed by atoms with Crippen LogP contribution in [0.15, 0.2) is 17.5 Å². The average Bonchev–Trinajstić information content (AvgIpc) is 3.07. The van der Waals surface area contributed by atoms with Crippen LogP contribution in [0.4, 0.5) is 0 Å². The number of hydrogen-bond donors (Lipinski definition) is 1. The zero-order valence-corrected chi connectivity index (χ0v) is 12.5. The molecule has 1 saturated heterocycles. The summed E-state index contributed by atoms with van der Waals surface area (Å²) in [6, 6.07) is 5.74. The van der Waals surface area contributed by atoms with E-state index >= 15 is 0 Å². The lowest BCUT2D eigenvalue weighted by Gasteiger charge is -2.28. The van der Waals surface area contributed by atoms with Gasteiger partial charge in [0.25, 0.3) is 0 Å². The summed E-state index contributed by atoms with van der Waals surface area (Å²) < 4.78 is 5.59. The second-order valence-electron chi connectivity index (χ2n) is 5.94. The monoisotopic (exact) mass is 279 g/mol. The van der Waals surface area contributed by atoms with Crippen molar-refractivity contribution in [3.05, 3.63) is 22.4 Å². The van der Waals surface area contributed by atoms with Gasteiger partial charge in [-0.15, -0.1) is 11.3 Å². The molecule has 1 aromatic heterocycles. The molecular weight excluding hydrogens is 254 g/mol. The highest BCUT2D eigenvalue weighted by Crippen LogP contribution is 2.38. The molecule has 1 aromatic rings. The second-order valence-corrected chi connectivity index (χ2v) is 6.92. The van der Waals surface area contributed by atoms with Crippen molar-refractivity contribution in [2.24, 2.45) is 5.92 Å². The molecule has 0 bridgehead atoms. The van der Waals surface area contributed by atoms with E-state index in [1.54, 1.807) is 0 Å². The molecule has 3 heteroatoms. The zero-order valence-electron chi connectivity index (χ0n) is 11.6. The van der Waals surface area contributed by atoms with Crippen LogP contribution >= 0.6 is 11.3 Å². The van der Waals surface area contributed by atoms with Crippen LogP contribution in [0.1, 0.15) is 55.9 Å². The van der Waals surface area contributed by atoms with Gasteiger partial charge in [-0.25, -0.2) is 0 Å². The largest absolute Gasteiger partial charge is 0.381 e. The standard InChI is InChI=1S/C16H25NOS/c1-2-6-13(5-1)16(15-8-4-12-19-15)17-14-7-3-10-18-11-9-14/h4,8,12-14,16-17H,1-3,5-7,9-11H2. The molecule has 19 heavy (non-hydrogen) atoms. The van der Waals surface area contributed by atoms with E-state index in [4.69, 9.17) is 4.74 Å². The van der Waals surface area contributed by atoms with E-state index in [1.807, 2.05) is 11.3 Å². The molecule has 0 amide bonds. The topological polar surface area (TPSA) is 21.3 Å². The highest BCUT2D eigenvalue weighted by Gasteiger charge is 2.29. The summed E-state index contributed by atoms with van der Waals surface area (Å²) in [5, 5.41) is 6.19. The van der Waals surface area contributed by atoms with Crippen molar-refractivity contribution in [2.45, 2.75) is 57.0 Å². The number of ether oxygens (including phenoxy) is 1. The fourth-order valence-electron chi connectivity index (χ4n) is 3.53. The number of nitrogens with one attached hydrogen (secondary N) is 1. The molecule has 1 aliphatic heterocycles. The Morgan fingerprint density at radius 3 is 2.79 bits per heavy atom. The van der Waals surface area contributed by atoms with E-state index in [1.165, 1.54) is 49.8 Å². The Labute approximate surface area is 120 Å². The number of hydrogen-bond acceptors (Lipinski definition) is 3. The quantitative estimate of drug-likeness (QED) is 0.894. The maximum Gasteiger partial charge on any atom is 0.0480 e. The summed E-state index contributed by atoms with van der Waals surface area (Å²) in [6.45, 7) is 1.88. The van der Waals surface area contributed by atoms with Crippen LogP contribution in [0.5, 0.6) is 0 Å². The van der Waals surface area contributed by atoms with Crippen LogP contribution in [0, 0.1) is 5.92 Å². The van der Waals surface area contributed by atoms with E-state index < -0.39 is 0 Å². The predicted octanol–water partition coefficient (Wildman–Crippen LogP) is 4.14. The molecule has 0 aromatic carbocycles. The third-order valence-corrected chi connectivity index (χ3v) is 5.54. The minimum absolute atomic E-state index is 0.589. The molecule has 2 unspecified atom stereocenters. The van der Waals surface area contributed by atoms with Gasteiger partial charge >= 0.3 is 0 Å². The molecule has 2 heterocycles. The first-order chi connectivity index (χ1) is 9.43. The lowest BCUT2D eigenvalue weighted by Crippen LogP contribution is -2.36. The van der Waals surface area contributed by atoms with Gasteiger partial charge in [-0.3, -0.25) is 0 Å². The Morgan fingerprint density at radius 2 is 2.00 bits per heavy atom. The molecule has 1 N–H and O–H groups in total. The van der Waals surface area contributed by atoms with Crippen LogP contribution < -0.4 is 5.32 Å². The number of rotatable bonds is 4. The third kappa shape index (κ3) is 3.59. The summed E-state index contributed by atoms with van der Waals surface area (Å²) in [6.07, 6.45) is 9.30. The van der Waals surface area contributed by atoms with E-state index in [0.717, 1.165) is 19.1 Å². The van der Waals surface area contributed by atoms with Gasteiger partial charge in [0.2, 0.25) is 0 Å². The Bertz CT molecular complexity index is 351. The summed E-state index contributed by atoms with van der Waals surface area (Å²) >= 11 is 1.92. The Balaban J connectivity index is 1.67. The van der Waals surface area contributed by atoms with Crippen molar-refractivity contribution in [1.82, 2.24) is 5.32 Å². The van der Waals surface area contributed by atoms with Gasteiger partial charge in [-0.05, 0) is 49.5 Å². The van der Waals surface area contributed by atoms with Crippen LogP contribution in [0.3, 0.4) is 0 Å². The van der Waals surface area contributed by atoms with Crippen molar-refractivity contribution in [2.75, 3.05) is 13.2 Å². The van der Waals surface area contributed by atoms with Gasteiger partial charge in [0.1, 0.15) is 0 Å². The molecule has 1 aliphatic carbocycles. The maximum atomic E-state index is 5.59. The minimum atomic E-state index is 0.589. The first kappa shape index (κ1) is 13.6. The first-order valence-corrected chi connectivity index (χ1v) is 8.68. The van der Waals surface area contributed by atoms with E-state index in [2.05, 4.69) is 22.8 Å². The van der Waals surface area contributed by atoms with Gasteiger partial charge in [-0.1, -0.05) is 18.9 Å². The van der Waals surface area contributed by atoms with Gasteiger partial charge in [0, 0.05) is 30.2 Å². The molecule has 1 saturated carbocycles. The molecule has 0 radical (unpaired) electrons. The maximum absolute atomic E-state index is 5.59. The summed E-state index contributed by atoms with van der Waals surface area (Å²) in [4.78, 5) is 1.54. The van der Waals surface area contributed by atoms with Gasteiger partial charge in [0.15, 0.2) is 0 Å². The van der Waals surface area contributed by atoms with E-state index in [0.29, 0.717) is 12.1 Å². The summed E-state index contributed by atoms with van der Waals surface area (Å²) in [5.41, 5.74) is 0. The summed E-state index contributed by atoms with van der Waals surface area (Å²) in [5.74, 6) is 0.850. The van der Waals surface area contributed by atoms with E-state index in [9.17, 15) is 0 Å². The molecule has 2 aliphatic rings. The Morgan fingerprint density at radius 1 is 1.11 bits per heavy atom. The van der Waals surface area contributed by atoms with Crippen LogP contribution in [0.25, 0.3) is 0 Å². The molecule has 2 fully saturated rings. The van der Waals surface area contributed by atoms with Crippen LogP contribution in [-0.4, -0.2) is 19.3 Å². The highest BCUT2D eigenvalue weighted by atomic mass is 32.1. The predicted molar refractivity (Wildman–Crippen MR) is 80.6 cm³/mol. The molecule has 2 atom stereocenters. The average molecular weight is 279 g/mol. The second kappa shape index (κ2) is 6.87. The normalized spacial score (nSPS) is 27.3. The molecule has 106 valence electrons. The Kier molecular flexibility index (Phi) is 4.91. The fraction of sp³-hybridized carbons (Fsp3) is 0.750. The lowest BCUT2D eigenvalue weighted by molar-refractivity contribution is 0.141. The SMILES string of the molecule is c1csc(C(NC2CCCOCC2)C2CCCC2)c1. The van der Waals surface area contributed by atoms with Crippen LogP contribution in [0.2, 0.25) is 0 Å². The Hall–Kier alpha value is -0.380. The first-order valence-electron chi connectivity index (χ1n) is 7.80. The molecule has 0 spiro atoms. The van der Waals surface area contributed by atoms with Crippen LogP contribution in [-0.2, 0) is 4.74 Å². The van der Waals surface area contributed by atoms with Crippen molar-refractivity contribution in [3.63, 3.8) is 0 Å². The van der Waals surface area contributed by atoms with Crippen molar-refractivity contribution < 1.29 is 4.74 Å². The smallest absolute Gasteiger partial charge is 0.0480 e. The molecule has 2 nitrogen and oxygen atoms in total. The zero-order chi connectivity index (χ0) is 12.9. The lowest BCUT2D eigenvalue weighted by atomic mass is 9.95.